The van der Waals surface area contributed by atoms with Gasteiger partial charge in [-0.2, -0.15) is 4.31 Å². The Balaban J connectivity index is 1.47. The van der Waals surface area contributed by atoms with E-state index in [9.17, 15) is 18.0 Å². The van der Waals surface area contributed by atoms with Gasteiger partial charge < -0.3 is 9.64 Å². The zero-order valence-electron chi connectivity index (χ0n) is 18.3. The molecule has 0 aliphatic carbocycles. The van der Waals surface area contributed by atoms with Crippen LogP contribution in [-0.4, -0.2) is 55.7 Å². The number of carbonyl (C=O) groups excluding carboxylic acids is 2. The number of esters is 1. The number of carbonyl (C=O) groups is 2. The van der Waals surface area contributed by atoms with Gasteiger partial charge in [0.2, 0.25) is 10.0 Å². The highest BCUT2D eigenvalue weighted by Gasteiger charge is 2.31. The molecule has 7 nitrogen and oxygen atoms in total. The van der Waals surface area contributed by atoms with E-state index in [-0.39, 0.29) is 34.5 Å². The standard InChI is InChI=1S/C24H27ClN2O5S/c25-21-10-9-19(24(29)32-17-23(28)26-12-5-1-2-6-13-26)15-22(21)33(30,31)27-14-11-18-7-3-4-8-20(18)16-27/h3-4,7-10,15H,1-2,5-6,11-14,16-17H2. The molecule has 0 N–H and O–H groups in total. The minimum Gasteiger partial charge on any atom is -0.452 e. The molecule has 2 heterocycles. The van der Waals surface area contributed by atoms with Crippen LogP contribution in [0.4, 0.5) is 0 Å². The Bertz CT molecular complexity index is 1140. The van der Waals surface area contributed by atoms with E-state index in [4.69, 9.17) is 16.3 Å². The van der Waals surface area contributed by atoms with E-state index in [2.05, 4.69) is 0 Å². The number of fused-ring (bicyclic) bond motifs is 1. The Kier molecular flexibility index (Phi) is 7.36. The lowest BCUT2D eigenvalue weighted by molar-refractivity contribution is -0.134. The molecule has 1 saturated heterocycles. The lowest BCUT2D eigenvalue weighted by Gasteiger charge is -2.28. The van der Waals surface area contributed by atoms with Crippen molar-refractivity contribution in [2.24, 2.45) is 0 Å². The maximum Gasteiger partial charge on any atom is 0.338 e. The van der Waals surface area contributed by atoms with Crippen molar-refractivity contribution in [3.63, 3.8) is 0 Å². The van der Waals surface area contributed by atoms with Gasteiger partial charge in [-0.3, -0.25) is 4.79 Å². The van der Waals surface area contributed by atoms with Crippen LogP contribution in [0.1, 0.15) is 47.2 Å². The van der Waals surface area contributed by atoms with Crippen molar-refractivity contribution in [2.75, 3.05) is 26.2 Å². The highest BCUT2D eigenvalue weighted by Crippen LogP contribution is 2.30. The Labute approximate surface area is 199 Å². The van der Waals surface area contributed by atoms with Gasteiger partial charge in [0.25, 0.3) is 5.91 Å². The average Bonchev–Trinajstić information content (AvgIpc) is 3.12. The third-order valence-electron chi connectivity index (χ3n) is 6.17. The molecule has 0 aromatic heterocycles. The molecule has 9 heteroatoms. The molecule has 0 spiro atoms. The van der Waals surface area contributed by atoms with E-state index in [1.807, 2.05) is 24.3 Å². The molecule has 0 saturated carbocycles. The summed E-state index contributed by atoms with van der Waals surface area (Å²) in [6.45, 7) is 1.53. The molecule has 1 fully saturated rings. The predicted octanol–water partition coefficient (Wildman–Crippen LogP) is 3.65. The zero-order chi connectivity index (χ0) is 23.4. The second kappa shape index (κ2) is 10.2. The fourth-order valence-electron chi connectivity index (χ4n) is 4.26. The molecule has 0 atom stereocenters. The lowest BCUT2D eigenvalue weighted by Crippen LogP contribution is -2.36. The molecule has 0 unspecified atom stereocenters. The van der Waals surface area contributed by atoms with Crippen molar-refractivity contribution in [2.45, 2.75) is 43.5 Å². The summed E-state index contributed by atoms with van der Waals surface area (Å²) in [6, 6.07) is 11.7. The van der Waals surface area contributed by atoms with Crippen LogP contribution < -0.4 is 0 Å². The van der Waals surface area contributed by atoms with Gasteiger partial charge in [0.05, 0.1) is 10.6 Å². The average molecular weight is 491 g/mol. The van der Waals surface area contributed by atoms with Crippen LogP contribution in [-0.2, 0) is 32.5 Å². The Morgan fingerprint density at radius 3 is 2.36 bits per heavy atom. The van der Waals surface area contributed by atoms with Crippen LogP contribution in [0, 0.1) is 0 Å². The SMILES string of the molecule is O=C(OCC(=O)N1CCCCCC1)c1ccc(Cl)c(S(=O)(=O)N2CCc3ccccc3C2)c1. The summed E-state index contributed by atoms with van der Waals surface area (Å²) in [4.78, 5) is 26.6. The number of benzene rings is 2. The van der Waals surface area contributed by atoms with E-state index in [0.29, 0.717) is 26.1 Å². The van der Waals surface area contributed by atoms with Crippen molar-refractivity contribution in [1.29, 1.82) is 0 Å². The molecule has 33 heavy (non-hydrogen) atoms. The van der Waals surface area contributed by atoms with Gasteiger partial charge >= 0.3 is 5.97 Å². The lowest BCUT2D eigenvalue weighted by atomic mass is 10.0. The van der Waals surface area contributed by atoms with E-state index in [1.54, 1.807) is 4.90 Å². The van der Waals surface area contributed by atoms with Crippen LogP contribution in [0.5, 0.6) is 0 Å². The second-order valence-electron chi connectivity index (χ2n) is 8.37. The normalized spacial score (nSPS) is 17.2. The number of hydrogen-bond acceptors (Lipinski definition) is 5. The molecule has 2 aliphatic heterocycles. The monoisotopic (exact) mass is 490 g/mol. The van der Waals surface area contributed by atoms with Crippen molar-refractivity contribution in [3.8, 4) is 0 Å². The quantitative estimate of drug-likeness (QED) is 0.597. The number of sulfonamides is 1. The number of hydrogen-bond donors (Lipinski definition) is 0. The first-order valence-corrected chi connectivity index (χ1v) is 13.0. The third-order valence-corrected chi connectivity index (χ3v) is 8.49. The van der Waals surface area contributed by atoms with Gasteiger partial charge in [0.1, 0.15) is 4.90 Å². The maximum absolute atomic E-state index is 13.3. The topological polar surface area (TPSA) is 84.0 Å². The van der Waals surface area contributed by atoms with Crippen molar-refractivity contribution < 1.29 is 22.7 Å². The number of likely N-dealkylation sites (tertiary alicyclic amines) is 1. The number of halogens is 1. The van der Waals surface area contributed by atoms with Gasteiger partial charge in [-0.15, -0.1) is 0 Å². The smallest absolute Gasteiger partial charge is 0.338 e. The van der Waals surface area contributed by atoms with Gasteiger partial charge in [-0.1, -0.05) is 48.7 Å². The molecule has 2 aromatic carbocycles. The largest absolute Gasteiger partial charge is 0.452 e. The number of ether oxygens (including phenoxy) is 1. The van der Waals surface area contributed by atoms with Crippen molar-refractivity contribution in [3.05, 3.63) is 64.2 Å². The summed E-state index contributed by atoms with van der Waals surface area (Å²) < 4.78 is 33.2. The maximum atomic E-state index is 13.3. The number of rotatable bonds is 5. The molecule has 2 aliphatic rings. The van der Waals surface area contributed by atoms with E-state index >= 15 is 0 Å². The van der Waals surface area contributed by atoms with Gasteiger partial charge in [0.15, 0.2) is 6.61 Å². The fraction of sp³-hybridized carbons (Fsp3) is 0.417. The Morgan fingerprint density at radius 1 is 0.939 bits per heavy atom. The van der Waals surface area contributed by atoms with Gasteiger partial charge in [0, 0.05) is 26.2 Å². The summed E-state index contributed by atoms with van der Waals surface area (Å²) in [5, 5.41) is 0.0334. The van der Waals surface area contributed by atoms with Crippen molar-refractivity contribution in [1.82, 2.24) is 9.21 Å². The van der Waals surface area contributed by atoms with Gasteiger partial charge in [-0.25, -0.2) is 13.2 Å². The molecule has 1 amide bonds. The highest BCUT2D eigenvalue weighted by molar-refractivity contribution is 7.89. The number of nitrogens with zero attached hydrogens (tertiary/aromatic N) is 2. The summed E-state index contributed by atoms with van der Waals surface area (Å²) in [5.41, 5.74) is 2.12. The van der Waals surface area contributed by atoms with E-state index in [0.717, 1.165) is 36.8 Å². The molecule has 176 valence electrons. The van der Waals surface area contributed by atoms with Crippen LogP contribution in [0.3, 0.4) is 0 Å². The Morgan fingerprint density at radius 2 is 1.64 bits per heavy atom. The summed E-state index contributed by atoms with van der Waals surface area (Å²) >= 11 is 6.23. The fourth-order valence-corrected chi connectivity index (χ4v) is 6.18. The molecule has 4 rings (SSSR count). The van der Waals surface area contributed by atoms with E-state index < -0.39 is 16.0 Å². The second-order valence-corrected chi connectivity index (χ2v) is 10.7. The highest BCUT2D eigenvalue weighted by atomic mass is 35.5. The first-order valence-electron chi connectivity index (χ1n) is 11.2. The first-order chi connectivity index (χ1) is 15.9. The minimum atomic E-state index is -3.93. The minimum absolute atomic E-state index is 0.0334. The molecular formula is C24H27ClN2O5S. The molecular weight excluding hydrogens is 464 g/mol. The summed E-state index contributed by atoms with van der Waals surface area (Å²) in [6.07, 6.45) is 4.67. The zero-order valence-corrected chi connectivity index (χ0v) is 19.9. The third kappa shape index (κ3) is 5.39. The van der Waals surface area contributed by atoms with Crippen LogP contribution in [0.25, 0.3) is 0 Å². The molecule has 2 aromatic rings. The number of amides is 1. The summed E-state index contributed by atoms with van der Waals surface area (Å²) in [5.74, 6) is -0.991. The van der Waals surface area contributed by atoms with Crippen LogP contribution >= 0.6 is 11.6 Å². The van der Waals surface area contributed by atoms with E-state index in [1.165, 1.54) is 22.5 Å². The van der Waals surface area contributed by atoms with Gasteiger partial charge in [-0.05, 0) is 48.6 Å². The van der Waals surface area contributed by atoms with Crippen molar-refractivity contribution >= 4 is 33.5 Å². The van der Waals surface area contributed by atoms with Crippen LogP contribution in [0.2, 0.25) is 5.02 Å². The molecule has 0 radical (unpaired) electrons. The Hall–Kier alpha value is -2.42. The summed E-state index contributed by atoms with van der Waals surface area (Å²) in [7, 11) is -3.93. The molecule has 0 bridgehead atoms. The predicted molar refractivity (Wildman–Crippen MR) is 125 cm³/mol. The first kappa shape index (κ1) is 23.7. The van der Waals surface area contributed by atoms with Crippen LogP contribution in [0.15, 0.2) is 47.4 Å².